The molecule has 2 heteroatoms. The molecule has 0 N–H and O–H groups in total. The van der Waals surface area contributed by atoms with Gasteiger partial charge in [-0.3, -0.25) is 0 Å². The van der Waals surface area contributed by atoms with Gasteiger partial charge in [0.2, 0.25) is 0 Å². The van der Waals surface area contributed by atoms with E-state index in [1.165, 1.54) is 83.5 Å². The smallest absolute Gasteiger partial charge is 0.00635 e. The fraction of sp³-hybridized carbons (Fsp3) is 0.700. The topological polar surface area (TPSA) is 0 Å². The number of fused-ring (bicyclic) bond motifs is 6. The van der Waals surface area contributed by atoms with Crippen LogP contribution in [-0.2, 0) is 0 Å². The summed E-state index contributed by atoms with van der Waals surface area (Å²) in [5.74, 6) is 1.65. The zero-order chi connectivity index (χ0) is 29.8. The molecule has 2 aromatic carbocycles. The van der Waals surface area contributed by atoms with Crippen molar-refractivity contribution >= 4 is 26.5 Å². The maximum absolute atomic E-state index is 2.81. The van der Waals surface area contributed by atoms with Crippen LogP contribution in [0.15, 0.2) is 54.6 Å². The molecule has 1 heterocycles. The zero-order valence-electron chi connectivity index (χ0n) is 28.1. The fourth-order valence-corrected chi connectivity index (χ4v) is 20.8. The Hall–Kier alpha value is -0.700. The predicted octanol–water partition coefficient (Wildman–Crippen LogP) is 11.8. The molecule has 0 nitrogen and oxygen atoms in total. The fourth-order valence-electron chi connectivity index (χ4n) is 11.6. The lowest BCUT2D eigenvalue weighted by Gasteiger charge is -2.58. The van der Waals surface area contributed by atoms with E-state index in [-0.39, 0.29) is 7.92 Å². The summed E-state index contributed by atoms with van der Waals surface area (Å²) < 4.78 is 0. The van der Waals surface area contributed by atoms with Crippen molar-refractivity contribution in [3.05, 3.63) is 60.2 Å². The number of benzene rings is 2. The number of rotatable bonds is 3. The third kappa shape index (κ3) is 5.62. The van der Waals surface area contributed by atoms with E-state index >= 15 is 0 Å². The average Bonchev–Trinajstić information content (AvgIpc) is 3.57. The molecule has 2 aromatic rings. The maximum atomic E-state index is 2.81. The Balaban J connectivity index is 1.63. The van der Waals surface area contributed by atoms with E-state index in [1.54, 1.807) is 16.2 Å². The highest BCUT2D eigenvalue weighted by Crippen LogP contribution is 2.74. The summed E-state index contributed by atoms with van der Waals surface area (Å²) in [7, 11) is -0.627. The van der Waals surface area contributed by atoms with Crippen LogP contribution in [0.3, 0.4) is 0 Å². The first kappa shape index (κ1) is 31.3. The van der Waals surface area contributed by atoms with Crippen LogP contribution in [0.25, 0.3) is 0 Å². The van der Waals surface area contributed by atoms with Gasteiger partial charge >= 0.3 is 0 Å². The molecule has 0 amide bonds. The molecule has 0 aromatic heterocycles. The lowest BCUT2D eigenvalue weighted by atomic mass is 9.62. The van der Waals surface area contributed by atoms with Gasteiger partial charge in [0.25, 0.3) is 0 Å². The Morgan fingerprint density at radius 2 is 1.40 bits per heavy atom. The lowest BCUT2D eigenvalue weighted by molar-refractivity contribution is 0.0840. The summed E-state index contributed by atoms with van der Waals surface area (Å²) in [5, 5.41) is 4.14. The highest BCUT2D eigenvalue weighted by Gasteiger charge is 2.60. The molecular formula is C40H60P2. The molecule has 7 atom stereocenters. The van der Waals surface area contributed by atoms with Crippen LogP contribution in [-0.4, -0.2) is 21.6 Å². The van der Waals surface area contributed by atoms with Gasteiger partial charge in [0.05, 0.1) is 0 Å². The molecule has 0 radical (unpaired) electrons. The molecule has 230 valence electrons. The quantitative estimate of drug-likeness (QED) is 0.307. The van der Waals surface area contributed by atoms with Gasteiger partial charge in [-0.05, 0) is 120 Å². The molecule has 3 bridgehead atoms. The van der Waals surface area contributed by atoms with Gasteiger partial charge < -0.3 is 0 Å². The van der Waals surface area contributed by atoms with E-state index in [2.05, 4.69) is 103 Å². The Kier molecular flexibility index (Phi) is 8.87. The van der Waals surface area contributed by atoms with Crippen LogP contribution in [0.5, 0.6) is 0 Å². The molecular weight excluding hydrogens is 542 g/mol. The summed E-state index contributed by atoms with van der Waals surface area (Å²) in [6, 6.07) is 22.0. The molecule has 1 spiro atoms. The summed E-state index contributed by atoms with van der Waals surface area (Å²) in [6.45, 7) is 18.4. The standard InChI is InChI=1S/C40H60P2/c1-30(42(37(2,3)4)38(5,6)7)40-26-17-23-36(40)41(33-19-12-10-13-20-33)35-22-15-14-21-34(35)31-24-27-39(28-31)25-16-9-8-11-18-32(40)29-39/h10,12-15,19-22,30-32,36H,8-9,11,16-18,23-29H2,1-7H3/t30-,31-,32?,36?,39?,40?,41?/m1/s1. The van der Waals surface area contributed by atoms with E-state index in [0.29, 0.717) is 21.1 Å². The molecule has 5 unspecified atom stereocenters. The number of hydrogen-bond donors (Lipinski definition) is 0. The maximum Gasteiger partial charge on any atom is -0.00635 e. The monoisotopic (exact) mass is 602 g/mol. The second kappa shape index (κ2) is 11.9. The highest BCUT2D eigenvalue weighted by molar-refractivity contribution is 7.73. The van der Waals surface area contributed by atoms with Crippen molar-refractivity contribution in [3.63, 3.8) is 0 Å². The van der Waals surface area contributed by atoms with Crippen molar-refractivity contribution in [2.75, 3.05) is 0 Å². The minimum atomic E-state index is -0.423. The summed E-state index contributed by atoms with van der Waals surface area (Å²) in [4.78, 5) is 0. The van der Waals surface area contributed by atoms with E-state index in [4.69, 9.17) is 0 Å². The Morgan fingerprint density at radius 1 is 0.714 bits per heavy atom. The second-order valence-corrected chi connectivity index (χ2v) is 23.5. The van der Waals surface area contributed by atoms with Gasteiger partial charge in [-0.25, -0.2) is 0 Å². The second-order valence-electron chi connectivity index (χ2n) is 17.0. The van der Waals surface area contributed by atoms with Crippen LogP contribution >= 0.6 is 15.8 Å². The molecule has 3 saturated carbocycles. The first-order valence-corrected chi connectivity index (χ1v) is 20.5. The van der Waals surface area contributed by atoms with Gasteiger partial charge in [-0.2, -0.15) is 0 Å². The minimum absolute atomic E-state index is 0.204. The first-order chi connectivity index (χ1) is 20.0. The largest absolute Gasteiger partial charge is 0.0921 e. The molecule has 3 fully saturated rings. The van der Waals surface area contributed by atoms with Crippen molar-refractivity contribution in [1.29, 1.82) is 0 Å². The van der Waals surface area contributed by atoms with Crippen molar-refractivity contribution in [1.82, 2.24) is 0 Å². The first-order valence-electron chi connectivity index (χ1n) is 17.7. The molecule has 1 aliphatic heterocycles. The molecule has 3 aliphatic carbocycles. The molecule has 0 saturated heterocycles. The lowest BCUT2D eigenvalue weighted by Crippen LogP contribution is -2.51. The molecule has 6 rings (SSSR count). The summed E-state index contributed by atoms with van der Waals surface area (Å²) >= 11 is 0. The van der Waals surface area contributed by atoms with Crippen molar-refractivity contribution < 1.29 is 0 Å². The van der Waals surface area contributed by atoms with Crippen LogP contribution in [0, 0.1) is 16.7 Å². The van der Waals surface area contributed by atoms with Crippen LogP contribution in [0.1, 0.15) is 143 Å². The van der Waals surface area contributed by atoms with Crippen LogP contribution < -0.4 is 10.6 Å². The average molecular weight is 603 g/mol. The van der Waals surface area contributed by atoms with E-state index in [0.717, 1.165) is 23.2 Å². The van der Waals surface area contributed by atoms with E-state index in [9.17, 15) is 0 Å². The van der Waals surface area contributed by atoms with E-state index in [1.807, 2.05) is 0 Å². The van der Waals surface area contributed by atoms with Gasteiger partial charge in [0.1, 0.15) is 0 Å². The zero-order valence-corrected chi connectivity index (χ0v) is 29.9. The summed E-state index contributed by atoms with van der Waals surface area (Å²) in [6.07, 6.45) is 19.1. The van der Waals surface area contributed by atoms with Gasteiger partial charge in [0.15, 0.2) is 0 Å². The molecule has 4 aliphatic rings. The van der Waals surface area contributed by atoms with Gasteiger partial charge in [-0.1, -0.05) is 143 Å². The van der Waals surface area contributed by atoms with Gasteiger partial charge in [-0.15, -0.1) is 0 Å². The van der Waals surface area contributed by atoms with Gasteiger partial charge in [0, 0.05) is 0 Å². The van der Waals surface area contributed by atoms with Crippen LogP contribution in [0.2, 0.25) is 0 Å². The number of hydrogen-bond acceptors (Lipinski definition) is 0. The predicted molar refractivity (Wildman–Crippen MR) is 190 cm³/mol. The third-order valence-electron chi connectivity index (χ3n) is 12.5. The van der Waals surface area contributed by atoms with Crippen molar-refractivity contribution in [2.24, 2.45) is 16.7 Å². The van der Waals surface area contributed by atoms with Crippen molar-refractivity contribution in [3.8, 4) is 0 Å². The van der Waals surface area contributed by atoms with Crippen LogP contribution in [0.4, 0.5) is 0 Å². The Morgan fingerprint density at radius 3 is 2.14 bits per heavy atom. The molecule has 42 heavy (non-hydrogen) atoms. The van der Waals surface area contributed by atoms with Crippen molar-refractivity contribution in [2.45, 2.75) is 159 Å². The highest BCUT2D eigenvalue weighted by atomic mass is 31.1. The minimum Gasteiger partial charge on any atom is -0.0921 e. The van der Waals surface area contributed by atoms with E-state index < -0.39 is 7.92 Å². The summed E-state index contributed by atoms with van der Waals surface area (Å²) in [5.41, 5.74) is 4.34. The third-order valence-corrected chi connectivity index (χ3v) is 19.7. The Bertz CT molecular complexity index is 1190. The SMILES string of the molecule is C[C@@H](P(C(C)(C)C)C(C)(C)C)C12CCCC1P(c1ccccc1)c1ccccc1[C@@H]1CCC3(CCCCCCC2C3)C1. The Labute approximate surface area is 262 Å². The normalized spacial score (nSPS) is 34.6.